The molecule has 0 radical (unpaired) electrons. The predicted octanol–water partition coefficient (Wildman–Crippen LogP) is 14.7. The summed E-state index contributed by atoms with van der Waals surface area (Å²) in [6.45, 7) is 43.5. The van der Waals surface area contributed by atoms with Crippen molar-refractivity contribution in [3.05, 3.63) is 123 Å². The molecule has 0 atom stereocenters. The first-order valence-corrected chi connectivity index (χ1v) is 23.9. The highest BCUT2D eigenvalue weighted by Crippen LogP contribution is 2.53. The lowest BCUT2D eigenvalue weighted by Crippen LogP contribution is -2.62. The smallest absolute Gasteiger partial charge is 0.252 e. The molecule has 0 unspecified atom stereocenters. The van der Waals surface area contributed by atoms with E-state index in [1.54, 1.807) is 0 Å². The van der Waals surface area contributed by atoms with Crippen molar-refractivity contribution in [2.45, 2.75) is 188 Å². The minimum atomic E-state index is -0.0851. The molecule has 2 nitrogen and oxygen atoms in total. The number of nitrogens with zero attached hydrogens (tertiary/aromatic N) is 2. The van der Waals surface area contributed by atoms with Gasteiger partial charge in [-0.25, -0.2) is 0 Å². The van der Waals surface area contributed by atoms with Gasteiger partial charge < -0.3 is 9.80 Å². The van der Waals surface area contributed by atoms with Crippen LogP contribution in [0.2, 0.25) is 0 Å². The van der Waals surface area contributed by atoms with Crippen LogP contribution in [0.1, 0.15) is 188 Å². The molecule has 0 aromatic heterocycles. The number of rotatable bonds is 2. The number of anilines is 6. The van der Waals surface area contributed by atoms with Crippen LogP contribution in [0.4, 0.5) is 34.1 Å². The van der Waals surface area contributed by atoms with Crippen LogP contribution in [0, 0.1) is 6.92 Å². The summed E-state index contributed by atoms with van der Waals surface area (Å²) in [5.41, 5.74) is 23.9. The van der Waals surface area contributed by atoms with Gasteiger partial charge in [0.25, 0.3) is 6.71 Å². The molecule has 0 bridgehead atoms. The maximum Gasteiger partial charge on any atom is 0.252 e. The Kier molecular flexibility index (Phi) is 9.30. The molecular formula is C59H75BN2. The van der Waals surface area contributed by atoms with Crippen LogP contribution in [-0.4, -0.2) is 6.71 Å². The molecule has 9 rings (SSSR count). The number of fused-ring (bicyclic) bond motifs is 6. The summed E-state index contributed by atoms with van der Waals surface area (Å²) in [5, 5.41) is 0. The van der Waals surface area contributed by atoms with E-state index in [0.29, 0.717) is 0 Å². The molecule has 5 aromatic rings. The van der Waals surface area contributed by atoms with Gasteiger partial charge in [0.1, 0.15) is 0 Å². The third kappa shape index (κ3) is 6.64. The second-order valence-corrected chi connectivity index (χ2v) is 25.8. The van der Waals surface area contributed by atoms with E-state index in [2.05, 4.69) is 213 Å². The maximum absolute atomic E-state index is 2.72. The Morgan fingerprint density at radius 1 is 0.403 bits per heavy atom. The minimum absolute atomic E-state index is 0.00750. The van der Waals surface area contributed by atoms with E-state index < -0.39 is 0 Å². The summed E-state index contributed by atoms with van der Waals surface area (Å²) in [7, 11) is 0. The Morgan fingerprint density at radius 3 is 1.39 bits per heavy atom. The van der Waals surface area contributed by atoms with Crippen LogP contribution in [0.15, 0.2) is 78.9 Å². The maximum atomic E-state index is 2.72. The molecule has 0 saturated carbocycles. The molecule has 62 heavy (non-hydrogen) atoms. The van der Waals surface area contributed by atoms with Crippen molar-refractivity contribution in [3.8, 4) is 0 Å². The van der Waals surface area contributed by atoms with Gasteiger partial charge in [-0.15, -0.1) is 0 Å². The van der Waals surface area contributed by atoms with Gasteiger partial charge in [-0.2, -0.15) is 0 Å². The largest absolute Gasteiger partial charge is 0.311 e. The molecule has 2 aliphatic heterocycles. The molecule has 3 heteroatoms. The highest BCUT2D eigenvalue weighted by Gasteiger charge is 2.48. The first kappa shape index (κ1) is 43.0. The zero-order valence-electron chi connectivity index (χ0n) is 41.8. The van der Waals surface area contributed by atoms with Gasteiger partial charge >= 0.3 is 0 Å². The molecule has 0 saturated heterocycles. The molecule has 0 spiro atoms. The SMILES string of the molecule is Cc1ccc(C(C)(C)C)cc1N1c2cc(C(C)(C)C)ccc2B2c3cc4c(cc3N(c3ccc5c(c3)C(C)(C)CCC5(C)C)c3cc(C(C)(C)C)cc1c32)C(C)(C)CCC4(C)C. The van der Waals surface area contributed by atoms with Gasteiger partial charge in [0.15, 0.2) is 0 Å². The molecule has 2 heterocycles. The highest BCUT2D eigenvalue weighted by atomic mass is 15.2. The molecular weight excluding hydrogens is 747 g/mol. The zero-order chi connectivity index (χ0) is 45.1. The molecule has 0 N–H and O–H groups in total. The van der Waals surface area contributed by atoms with E-state index in [4.69, 9.17) is 0 Å². The summed E-state index contributed by atoms with van der Waals surface area (Å²) in [6, 6.07) is 32.8. The summed E-state index contributed by atoms with van der Waals surface area (Å²) < 4.78 is 0. The minimum Gasteiger partial charge on any atom is -0.311 e. The summed E-state index contributed by atoms with van der Waals surface area (Å²) in [5.74, 6) is 0. The Bertz CT molecular complexity index is 2660. The van der Waals surface area contributed by atoms with Crippen molar-refractivity contribution in [1.29, 1.82) is 0 Å². The first-order chi connectivity index (χ1) is 28.5. The number of benzene rings is 5. The van der Waals surface area contributed by atoms with Crippen LogP contribution >= 0.6 is 0 Å². The van der Waals surface area contributed by atoms with Crippen molar-refractivity contribution in [1.82, 2.24) is 0 Å². The van der Waals surface area contributed by atoms with Crippen LogP contribution in [0.3, 0.4) is 0 Å². The Hall–Kier alpha value is -4.24. The van der Waals surface area contributed by atoms with Gasteiger partial charge in [-0.3, -0.25) is 0 Å². The molecule has 0 fully saturated rings. The van der Waals surface area contributed by atoms with Crippen molar-refractivity contribution in [2.75, 3.05) is 9.80 Å². The average Bonchev–Trinajstić information content (AvgIpc) is 3.16. The zero-order valence-corrected chi connectivity index (χ0v) is 41.8. The average molecular weight is 823 g/mol. The third-order valence-electron chi connectivity index (χ3n) is 16.2. The van der Waals surface area contributed by atoms with E-state index in [1.807, 2.05) is 0 Å². The molecule has 4 aliphatic rings. The lowest BCUT2D eigenvalue weighted by atomic mass is 9.33. The second kappa shape index (κ2) is 13.4. The monoisotopic (exact) mass is 823 g/mol. The van der Waals surface area contributed by atoms with E-state index in [9.17, 15) is 0 Å². The van der Waals surface area contributed by atoms with Gasteiger partial charge in [0.05, 0.1) is 0 Å². The van der Waals surface area contributed by atoms with E-state index in [0.717, 1.165) is 0 Å². The predicted molar refractivity (Wildman–Crippen MR) is 272 cm³/mol. The van der Waals surface area contributed by atoms with Gasteiger partial charge in [0.2, 0.25) is 0 Å². The third-order valence-corrected chi connectivity index (χ3v) is 16.2. The standard InChI is InChI=1S/C59H75BN2/c1-36-19-20-37(53(2,3)4)29-47(36)62-48-30-38(54(5,6)7)21-24-45(48)60-46-34-43-44(59(17,18)28-27-58(43,15)16)35-49(46)61(50-31-39(55(8,9)10)32-51(62)52(50)60)40-22-23-41-42(33-40)57(13,14)26-25-56(41,11)12/h19-24,29-35H,25-28H2,1-18H3. The van der Waals surface area contributed by atoms with E-state index in [-0.39, 0.29) is 44.6 Å². The Balaban J connectivity index is 1.46. The van der Waals surface area contributed by atoms with Crippen molar-refractivity contribution in [2.24, 2.45) is 0 Å². The summed E-state index contributed by atoms with van der Waals surface area (Å²) in [4.78, 5) is 5.41. The van der Waals surface area contributed by atoms with Crippen molar-refractivity contribution >= 4 is 57.2 Å². The quantitative estimate of drug-likeness (QED) is 0.160. The number of aryl methyl sites for hydroxylation is 1. The van der Waals surface area contributed by atoms with Crippen molar-refractivity contribution < 1.29 is 0 Å². The van der Waals surface area contributed by atoms with E-state index in [1.165, 1.54) is 121 Å². The van der Waals surface area contributed by atoms with Gasteiger partial charge in [0, 0.05) is 34.1 Å². The fourth-order valence-electron chi connectivity index (χ4n) is 11.5. The van der Waals surface area contributed by atoms with Crippen LogP contribution in [0.25, 0.3) is 0 Å². The molecule has 5 aromatic carbocycles. The summed E-state index contributed by atoms with van der Waals surface area (Å²) in [6.07, 6.45) is 4.78. The molecule has 0 amide bonds. The second-order valence-electron chi connectivity index (χ2n) is 25.8. The van der Waals surface area contributed by atoms with Crippen LogP contribution in [-0.2, 0) is 37.9 Å². The Labute approximate surface area is 377 Å². The Morgan fingerprint density at radius 2 is 0.839 bits per heavy atom. The molecule has 324 valence electrons. The topological polar surface area (TPSA) is 6.48 Å². The normalized spacial score (nSPS) is 19.3. The van der Waals surface area contributed by atoms with Crippen LogP contribution in [0.5, 0.6) is 0 Å². The van der Waals surface area contributed by atoms with E-state index >= 15 is 0 Å². The lowest BCUT2D eigenvalue weighted by Gasteiger charge is -2.48. The summed E-state index contributed by atoms with van der Waals surface area (Å²) >= 11 is 0. The first-order valence-electron chi connectivity index (χ1n) is 23.9. The van der Waals surface area contributed by atoms with Crippen molar-refractivity contribution in [3.63, 3.8) is 0 Å². The number of hydrogen-bond acceptors (Lipinski definition) is 2. The fourth-order valence-corrected chi connectivity index (χ4v) is 11.5. The van der Waals surface area contributed by atoms with Gasteiger partial charge in [-0.1, -0.05) is 154 Å². The highest BCUT2D eigenvalue weighted by molar-refractivity contribution is 7.00. The lowest BCUT2D eigenvalue weighted by molar-refractivity contribution is 0.332. The fraction of sp³-hybridized carbons (Fsp3) is 0.492. The van der Waals surface area contributed by atoms with Crippen LogP contribution < -0.4 is 26.2 Å². The van der Waals surface area contributed by atoms with Gasteiger partial charge in [-0.05, 0) is 174 Å². The number of hydrogen-bond donors (Lipinski definition) is 0. The molecule has 2 aliphatic carbocycles.